The lowest BCUT2D eigenvalue weighted by molar-refractivity contribution is -0.442. The molecule has 6 heteroatoms. The first kappa shape index (κ1) is 17.7. The van der Waals surface area contributed by atoms with Crippen molar-refractivity contribution in [2.75, 3.05) is 26.6 Å². The van der Waals surface area contributed by atoms with Crippen LogP contribution < -0.4 is 0 Å². The van der Waals surface area contributed by atoms with Gasteiger partial charge >= 0.3 is 0 Å². The van der Waals surface area contributed by atoms with Crippen LogP contribution in [0.15, 0.2) is 12.7 Å². The number of methoxy groups -OCH3 is 2. The molecule has 0 radical (unpaired) electrons. The van der Waals surface area contributed by atoms with E-state index in [0.29, 0.717) is 12.2 Å². The molecule has 0 saturated carbocycles. The van der Waals surface area contributed by atoms with Gasteiger partial charge < -0.3 is 18.9 Å². The van der Waals surface area contributed by atoms with E-state index in [1.165, 1.54) is 26.0 Å². The van der Waals surface area contributed by atoms with Crippen LogP contribution >= 0.6 is 11.8 Å². The van der Waals surface area contributed by atoms with Crippen molar-refractivity contribution in [3.05, 3.63) is 12.7 Å². The Morgan fingerprint density at radius 1 is 1.35 bits per heavy atom. The van der Waals surface area contributed by atoms with Crippen LogP contribution in [-0.2, 0) is 23.7 Å². The summed E-state index contributed by atoms with van der Waals surface area (Å²) < 4.78 is 22.7. The summed E-state index contributed by atoms with van der Waals surface area (Å²) in [5.41, 5.74) is -1.09. The molecule has 1 rings (SSSR count). The van der Waals surface area contributed by atoms with Gasteiger partial charge in [-0.3, -0.25) is 4.79 Å². The molecule has 1 heterocycles. The molecule has 1 aliphatic rings. The first-order chi connectivity index (χ1) is 9.33. The Morgan fingerprint density at radius 3 is 2.40 bits per heavy atom. The highest BCUT2D eigenvalue weighted by Crippen LogP contribution is 2.43. The number of carbonyl (C=O) groups excluding carboxylic acids is 1. The second-order valence-electron chi connectivity index (χ2n) is 4.90. The van der Waals surface area contributed by atoms with E-state index in [-0.39, 0.29) is 11.7 Å². The number of thioether (sulfide) groups is 1. The lowest BCUT2D eigenvalue weighted by atomic mass is 9.97. The Bertz CT molecular complexity index is 375. The number of ether oxygens (including phenoxy) is 4. The zero-order valence-electron chi connectivity index (χ0n) is 12.9. The topological polar surface area (TPSA) is 54.0 Å². The minimum Gasteiger partial charge on any atom is -0.349 e. The van der Waals surface area contributed by atoms with Crippen LogP contribution in [0.1, 0.15) is 27.2 Å². The molecule has 0 aromatic carbocycles. The van der Waals surface area contributed by atoms with E-state index in [2.05, 4.69) is 6.58 Å². The van der Waals surface area contributed by atoms with Gasteiger partial charge in [-0.2, -0.15) is 0 Å². The van der Waals surface area contributed by atoms with Gasteiger partial charge in [0.25, 0.3) is 0 Å². The van der Waals surface area contributed by atoms with Gasteiger partial charge in [-0.1, -0.05) is 24.8 Å². The fourth-order valence-corrected chi connectivity index (χ4v) is 2.84. The average molecular weight is 304 g/mol. The van der Waals surface area contributed by atoms with E-state index in [9.17, 15) is 4.79 Å². The van der Waals surface area contributed by atoms with Crippen LogP contribution in [0.4, 0.5) is 0 Å². The molecule has 20 heavy (non-hydrogen) atoms. The summed E-state index contributed by atoms with van der Waals surface area (Å²) in [6, 6.07) is 0. The molecular formula is C14H24O5S. The van der Waals surface area contributed by atoms with Crippen LogP contribution in [0.25, 0.3) is 0 Å². The molecule has 0 unspecified atom stereocenters. The number of carbonyl (C=O) groups is 1. The van der Waals surface area contributed by atoms with Crippen LogP contribution in [-0.4, -0.2) is 48.9 Å². The van der Waals surface area contributed by atoms with Crippen LogP contribution in [0.5, 0.6) is 0 Å². The van der Waals surface area contributed by atoms with Crippen molar-refractivity contribution in [3.63, 3.8) is 0 Å². The van der Waals surface area contributed by atoms with Gasteiger partial charge in [-0.05, 0) is 19.6 Å². The fraction of sp³-hybridized carbons (Fsp3) is 0.786. The second kappa shape index (κ2) is 6.58. The maximum absolute atomic E-state index is 12.4. The first-order valence-electron chi connectivity index (χ1n) is 6.55. The van der Waals surface area contributed by atoms with Crippen molar-refractivity contribution in [3.8, 4) is 0 Å². The van der Waals surface area contributed by atoms with E-state index in [1.807, 2.05) is 6.92 Å². The number of rotatable bonds is 6. The quantitative estimate of drug-likeness (QED) is 0.702. The summed E-state index contributed by atoms with van der Waals surface area (Å²) in [4.78, 5) is 12.4. The molecule has 0 N–H and O–H groups in total. The van der Waals surface area contributed by atoms with Gasteiger partial charge in [0.15, 0.2) is 5.60 Å². The molecule has 0 spiro atoms. The predicted octanol–water partition coefficient (Wildman–Crippen LogP) is 2.35. The van der Waals surface area contributed by atoms with Crippen molar-refractivity contribution >= 4 is 16.9 Å². The standard InChI is InChI=1S/C14H24O5S/c1-7-9-14(11(15)20-8-2)10-18-12(3,16-5)13(4,17-6)19-14/h7H,1,8-10H2,2-6H3/t12-,13-,14-/m1/s1. The van der Waals surface area contributed by atoms with Gasteiger partial charge in [-0.25, -0.2) is 0 Å². The Kier molecular flexibility index (Phi) is 5.80. The number of hydrogen-bond donors (Lipinski definition) is 0. The molecule has 0 amide bonds. The van der Waals surface area contributed by atoms with Gasteiger partial charge in [0.2, 0.25) is 16.7 Å². The largest absolute Gasteiger partial charge is 0.349 e. The molecule has 1 fully saturated rings. The number of hydrogen-bond acceptors (Lipinski definition) is 6. The zero-order valence-corrected chi connectivity index (χ0v) is 13.7. The van der Waals surface area contributed by atoms with Crippen molar-refractivity contribution in [2.45, 2.75) is 44.4 Å². The van der Waals surface area contributed by atoms with Crippen LogP contribution in [0.2, 0.25) is 0 Å². The highest BCUT2D eigenvalue weighted by atomic mass is 32.2. The molecule has 1 saturated heterocycles. The maximum atomic E-state index is 12.4. The minimum absolute atomic E-state index is 0.0821. The smallest absolute Gasteiger partial charge is 0.223 e. The van der Waals surface area contributed by atoms with Gasteiger partial charge in [0.05, 0.1) is 6.61 Å². The van der Waals surface area contributed by atoms with Gasteiger partial charge in [0.1, 0.15) is 0 Å². The average Bonchev–Trinajstić information content (AvgIpc) is 2.43. The van der Waals surface area contributed by atoms with Crippen LogP contribution in [0.3, 0.4) is 0 Å². The van der Waals surface area contributed by atoms with Crippen molar-refractivity contribution in [1.82, 2.24) is 0 Å². The summed E-state index contributed by atoms with van der Waals surface area (Å²) in [6.45, 7) is 9.16. The molecule has 0 aromatic rings. The Morgan fingerprint density at radius 2 is 1.95 bits per heavy atom. The third-order valence-electron chi connectivity index (χ3n) is 3.70. The monoisotopic (exact) mass is 304 g/mol. The molecular weight excluding hydrogens is 280 g/mol. The van der Waals surface area contributed by atoms with E-state index in [1.54, 1.807) is 19.9 Å². The van der Waals surface area contributed by atoms with E-state index in [0.717, 1.165) is 0 Å². The summed E-state index contributed by atoms with van der Waals surface area (Å²) >= 11 is 1.21. The third-order valence-corrected chi connectivity index (χ3v) is 4.62. The van der Waals surface area contributed by atoms with Gasteiger partial charge in [0, 0.05) is 20.6 Å². The zero-order chi connectivity index (χ0) is 15.4. The SMILES string of the molecule is C=CC[C@]1(C(=O)SCC)CO[C@@](C)(OC)[C@](C)(OC)O1. The molecule has 0 bridgehead atoms. The summed E-state index contributed by atoms with van der Waals surface area (Å²) in [7, 11) is 3.02. The minimum atomic E-state index is -1.19. The van der Waals surface area contributed by atoms with Crippen LogP contribution in [0, 0.1) is 0 Å². The molecule has 0 aromatic heterocycles. The van der Waals surface area contributed by atoms with E-state index < -0.39 is 17.2 Å². The molecule has 0 aliphatic carbocycles. The summed E-state index contributed by atoms with van der Waals surface area (Å²) in [6.07, 6.45) is 2.01. The molecule has 1 aliphatic heterocycles. The fourth-order valence-electron chi connectivity index (χ4n) is 2.13. The lowest BCUT2D eigenvalue weighted by Gasteiger charge is -2.52. The third kappa shape index (κ3) is 2.94. The first-order valence-corrected chi connectivity index (χ1v) is 7.54. The van der Waals surface area contributed by atoms with Gasteiger partial charge in [-0.15, -0.1) is 6.58 Å². The Labute approximate surface area is 125 Å². The molecule has 5 nitrogen and oxygen atoms in total. The van der Waals surface area contributed by atoms with Crippen molar-refractivity contribution < 1.29 is 23.7 Å². The summed E-state index contributed by atoms with van der Waals surface area (Å²) in [5, 5.41) is -0.0821. The Balaban J connectivity index is 3.13. The highest BCUT2D eigenvalue weighted by molar-refractivity contribution is 8.13. The lowest BCUT2D eigenvalue weighted by Crippen LogP contribution is -2.68. The normalized spacial score (nSPS) is 37.6. The highest BCUT2D eigenvalue weighted by Gasteiger charge is 2.60. The molecule has 3 atom stereocenters. The predicted molar refractivity (Wildman–Crippen MR) is 78.5 cm³/mol. The van der Waals surface area contributed by atoms with E-state index in [4.69, 9.17) is 18.9 Å². The Hall–Kier alpha value is -0.400. The van der Waals surface area contributed by atoms with Crippen molar-refractivity contribution in [1.29, 1.82) is 0 Å². The summed E-state index contributed by atoms with van der Waals surface area (Å²) in [5.74, 6) is -1.59. The second-order valence-corrected chi connectivity index (χ2v) is 6.13. The maximum Gasteiger partial charge on any atom is 0.223 e. The molecule has 116 valence electrons. The van der Waals surface area contributed by atoms with Crippen molar-refractivity contribution in [2.24, 2.45) is 0 Å². The van der Waals surface area contributed by atoms with E-state index >= 15 is 0 Å².